The quantitative estimate of drug-likeness (QED) is 0.235. The van der Waals surface area contributed by atoms with Gasteiger partial charge in [-0.3, -0.25) is 14.4 Å². The van der Waals surface area contributed by atoms with E-state index in [2.05, 4.69) is 10.3 Å². The normalized spacial score (nSPS) is 23.7. The number of nitrogens with one attached hydrogen (secondary N) is 2. The molecule has 2 fully saturated rings. The number of aromatic nitrogens is 1. The van der Waals surface area contributed by atoms with Gasteiger partial charge in [-0.25, -0.2) is 4.39 Å². The molecule has 2 aliphatic rings. The first kappa shape index (κ1) is 30.7. The molecule has 1 amide bonds. The van der Waals surface area contributed by atoms with Gasteiger partial charge in [-0.15, -0.1) is 0 Å². The Kier molecular flexibility index (Phi) is 10.1. The summed E-state index contributed by atoms with van der Waals surface area (Å²) >= 11 is 0. The molecule has 2 aliphatic carbocycles. The van der Waals surface area contributed by atoms with Crippen molar-refractivity contribution in [2.45, 2.75) is 70.1 Å². The van der Waals surface area contributed by atoms with Crippen molar-refractivity contribution in [3.63, 3.8) is 0 Å². The molecule has 3 atom stereocenters. The molecule has 1 heterocycles. The zero-order valence-corrected chi connectivity index (χ0v) is 24.9. The maximum Gasteiger partial charge on any atom is 0.308 e. The lowest BCUT2D eigenvalue weighted by Crippen LogP contribution is -2.29. The van der Waals surface area contributed by atoms with E-state index in [-0.39, 0.29) is 47.9 Å². The molecule has 1 aromatic heterocycles. The van der Waals surface area contributed by atoms with Gasteiger partial charge in [0.2, 0.25) is 0 Å². The lowest BCUT2D eigenvalue weighted by atomic mass is 9.87. The summed E-state index contributed by atoms with van der Waals surface area (Å²) in [6.45, 7) is 0.496. The molecule has 3 aromatic rings. The number of Topliss-reactive ketones (excluding diaryl/α,β-unsaturated/α-hetero) is 1. The minimum absolute atomic E-state index is 0.0504. The third-order valence-corrected chi connectivity index (χ3v) is 9.02. The SMILES string of the molecule is COC(=O)C1CCC(OCC2C[C@H](F)CC2CCC(=O)Cc2ccc(NC(=O)c3cc4ccccc4[nH]3)c(OC)c2)CC1. The Labute approximate surface area is 251 Å². The van der Waals surface area contributed by atoms with Crippen LogP contribution in [0.3, 0.4) is 0 Å². The first-order valence-electron chi connectivity index (χ1n) is 15.2. The summed E-state index contributed by atoms with van der Waals surface area (Å²) in [6, 6.07) is 14.8. The minimum Gasteiger partial charge on any atom is -0.495 e. The Morgan fingerprint density at radius 2 is 1.74 bits per heavy atom. The average molecular weight is 593 g/mol. The molecule has 0 spiro atoms. The molecule has 2 N–H and O–H groups in total. The van der Waals surface area contributed by atoms with Crippen LogP contribution in [0.2, 0.25) is 0 Å². The molecular weight excluding hydrogens is 551 g/mol. The highest BCUT2D eigenvalue weighted by Gasteiger charge is 2.35. The number of alkyl halides is 1. The summed E-state index contributed by atoms with van der Waals surface area (Å²) in [5.41, 5.74) is 2.64. The van der Waals surface area contributed by atoms with E-state index in [1.165, 1.54) is 14.2 Å². The lowest BCUT2D eigenvalue weighted by Gasteiger charge is -2.29. The van der Waals surface area contributed by atoms with Crippen LogP contribution in [0, 0.1) is 17.8 Å². The fourth-order valence-corrected chi connectivity index (χ4v) is 6.58. The molecular formula is C34H41FN2O6. The van der Waals surface area contributed by atoms with Crippen molar-refractivity contribution in [3.05, 3.63) is 59.8 Å². The predicted molar refractivity (Wildman–Crippen MR) is 162 cm³/mol. The number of methoxy groups -OCH3 is 2. The van der Waals surface area contributed by atoms with Gasteiger partial charge in [-0.2, -0.15) is 0 Å². The zero-order chi connectivity index (χ0) is 30.3. The van der Waals surface area contributed by atoms with Crippen LogP contribution >= 0.6 is 0 Å². The van der Waals surface area contributed by atoms with E-state index in [1.54, 1.807) is 18.2 Å². The topological polar surface area (TPSA) is 107 Å². The van der Waals surface area contributed by atoms with Gasteiger partial charge in [0, 0.05) is 23.7 Å². The number of ether oxygens (including phenoxy) is 3. The maximum absolute atomic E-state index is 14.4. The monoisotopic (exact) mass is 592 g/mol. The van der Waals surface area contributed by atoms with Crippen LogP contribution in [0.5, 0.6) is 5.75 Å². The van der Waals surface area contributed by atoms with Crippen LogP contribution < -0.4 is 10.1 Å². The van der Waals surface area contributed by atoms with Gasteiger partial charge >= 0.3 is 5.97 Å². The molecule has 0 bridgehead atoms. The Bertz CT molecular complexity index is 1400. The highest BCUT2D eigenvalue weighted by Crippen LogP contribution is 2.38. The molecule has 8 nitrogen and oxygen atoms in total. The van der Waals surface area contributed by atoms with E-state index in [9.17, 15) is 18.8 Å². The highest BCUT2D eigenvalue weighted by atomic mass is 19.1. The van der Waals surface area contributed by atoms with Gasteiger partial charge in [-0.1, -0.05) is 24.3 Å². The second-order valence-electron chi connectivity index (χ2n) is 11.9. The second-order valence-corrected chi connectivity index (χ2v) is 11.9. The van der Waals surface area contributed by atoms with Crippen molar-refractivity contribution in [2.75, 3.05) is 26.1 Å². The Morgan fingerprint density at radius 1 is 0.977 bits per heavy atom. The summed E-state index contributed by atoms with van der Waals surface area (Å²) in [5.74, 6) is 0.285. The molecule has 230 valence electrons. The Morgan fingerprint density at radius 3 is 2.49 bits per heavy atom. The molecule has 0 aliphatic heterocycles. The number of anilines is 1. The molecule has 2 saturated carbocycles. The van der Waals surface area contributed by atoms with Crippen molar-refractivity contribution < 1.29 is 33.0 Å². The third-order valence-electron chi connectivity index (χ3n) is 9.02. The highest BCUT2D eigenvalue weighted by molar-refractivity contribution is 6.06. The number of fused-ring (bicyclic) bond motifs is 1. The van der Waals surface area contributed by atoms with E-state index in [0.717, 1.165) is 42.1 Å². The summed E-state index contributed by atoms with van der Waals surface area (Å²) in [5, 5.41) is 3.84. The standard InChI is InChI=1S/C34H41FN2O6/c1-41-32-16-21(7-14-30(32)37-33(39)31-19-24-5-3-4-6-29(24)36-31)15-27(38)11-8-23-17-26(35)18-25(23)20-43-28-12-9-22(10-13-28)34(40)42-2/h3-7,14,16,19,22-23,25-26,28,36H,8-13,15,17-18,20H2,1-2H3,(H,37,39)/t22?,23?,25?,26-,28?/m1/s1. The number of halogens is 1. The number of aromatic amines is 1. The van der Waals surface area contributed by atoms with E-state index in [1.807, 2.05) is 30.3 Å². The summed E-state index contributed by atoms with van der Waals surface area (Å²) in [7, 11) is 2.95. The number of rotatable bonds is 12. The van der Waals surface area contributed by atoms with E-state index < -0.39 is 6.17 Å². The number of ketones is 1. The molecule has 5 rings (SSSR count). The number of amides is 1. The van der Waals surface area contributed by atoms with Gasteiger partial charge in [0.25, 0.3) is 5.91 Å². The van der Waals surface area contributed by atoms with Crippen molar-refractivity contribution >= 4 is 34.3 Å². The van der Waals surface area contributed by atoms with Crippen molar-refractivity contribution in [1.82, 2.24) is 4.98 Å². The van der Waals surface area contributed by atoms with E-state index >= 15 is 0 Å². The number of H-pyrrole nitrogens is 1. The van der Waals surface area contributed by atoms with Crippen LogP contribution in [-0.4, -0.2) is 55.7 Å². The maximum atomic E-state index is 14.4. The van der Waals surface area contributed by atoms with E-state index in [0.29, 0.717) is 49.4 Å². The van der Waals surface area contributed by atoms with E-state index in [4.69, 9.17) is 14.2 Å². The number of benzene rings is 2. The Hall–Kier alpha value is -3.72. The fourth-order valence-electron chi connectivity index (χ4n) is 6.58. The second kappa shape index (κ2) is 14.2. The summed E-state index contributed by atoms with van der Waals surface area (Å²) in [4.78, 5) is 40.7. The summed E-state index contributed by atoms with van der Waals surface area (Å²) < 4.78 is 30.9. The number of carbonyl (C=O) groups is 3. The smallest absolute Gasteiger partial charge is 0.308 e. The largest absolute Gasteiger partial charge is 0.495 e. The molecule has 9 heteroatoms. The number of para-hydroxylation sites is 1. The van der Waals surface area contributed by atoms with Gasteiger partial charge in [0.1, 0.15) is 23.4 Å². The van der Waals surface area contributed by atoms with Gasteiger partial charge in [-0.05, 0) is 86.6 Å². The molecule has 2 aromatic carbocycles. The first-order valence-corrected chi connectivity index (χ1v) is 15.2. The molecule has 43 heavy (non-hydrogen) atoms. The number of carbonyl (C=O) groups excluding carboxylic acids is 3. The minimum atomic E-state index is -0.861. The van der Waals surface area contributed by atoms with Crippen molar-refractivity contribution in [3.8, 4) is 5.75 Å². The van der Waals surface area contributed by atoms with Gasteiger partial charge in [0.15, 0.2) is 0 Å². The van der Waals surface area contributed by atoms with Crippen molar-refractivity contribution in [1.29, 1.82) is 0 Å². The van der Waals surface area contributed by atoms with Crippen LogP contribution in [-0.2, 0) is 25.5 Å². The van der Waals surface area contributed by atoms with Crippen molar-refractivity contribution in [2.24, 2.45) is 17.8 Å². The predicted octanol–water partition coefficient (Wildman–Crippen LogP) is 6.43. The first-order chi connectivity index (χ1) is 20.8. The van der Waals surface area contributed by atoms with Crippen LogP contribution in [0.25, 0.3) is 10.9 Å². The van der Waals surface area contributed by atoms with Crippen LogP contribution in [0.15, 0.2) is 48.5 Å². The third kappa shape index (κ3) is 7.82. The Balaban J connectivity index is 1.09. The van der Waals surface area contributed by atoms with Gasteiger partial charge in [0.05, 0.1) is 38.5 Å². The molecule has 2 unspecified atom stereocenters. The average Bonchev–Trinajstić information content (AvgIpc) is 3.62. The number of hydrogen-bond donors (Lipinski definition) is 2. The van der Waals surface area contributed by atoms with Crippen LogP contribution in [0.1, 0.15) is 67.4 Å². The molecule has 0 saturated heterocycles. The van der Waals surface area contributed by atoms with Crippen LogP contribution in [0.4, 0.5) is 10.1 Å². The lowest BCUT2D eigenvalue weighted by molar-refractivity contribution is -0.147. The fraction of sp³-hybridized carbons (Fsp3) is 0.500. The zero-order valence-electron chi connectivity index (χ0n) is 24.9. The number of esters is 1. The molecule has 0 radical (unpaired) electrons. The summed E-state index contributed by atoms with van der Waals surface area (Å²) in [6.07, 6.45) is 4.55. The number of hydrogen-bond acceptors (Lipinski definition) is 6. The van der Waals surface area contributed by atoms with Gasteiger partial charge < -0.3 is 24.5 Å².